The fourth-order valence-corrected chi connectivity index (χ4v) is 15.6. The lowest BCUT2D eigenvalue weighted by molar-refractivity contribution is -0.137. The van der Waals surface area contributed by atoms with Gasteiger partial charge in [0.2, 0.25) is 100 Å². The lowest BCUT2D eigenvalue weighted by Crippen LogP contribution is -2.62. The molecule has 4 bridgehead atoms. The van der Waals surface area contributed by atoms with Crippen molar-refractivity contribution in [2.75, 3.05) is 50.8 Å². The number of benzene rings is 3. The molecule has 3 aliphatic heterocycles. The molecule has 0 saturated heterocycles. The Kier molecular flexibility index (Phi) is 49.7. The number of nitrogens with one attached hydrogen (secondary N) is 16. The molecular formula is C89H140N20O18S2. The van der Waals surface area contributed by atoms with Gasteiger partial charge in [-0.15, -0.1) is 0 Å². The van der Waals surface area contributed by atoms with E-state index < -0.39 is 222 Å². The Balaban J connectivity index is 1.79. The molecule has 25 N–H and O–H groups in total. The van der Waals surface area contributed by atoms with Gasteiger partial charge in [-0.05, 0) is 162 Å². The Bertz CT molecular complexity index is 4190. The summed E-state index contributed by atoms with van der Waals surface area (Å²) in [5, 5.41) is 52.9. The summed E-state index contributed by atoms with van der Waals surface area (Å²) >= 11 is 2.49. The van der Waals surface area contributed by atoms with Gasteiger partial charge in [-0.3, -0.25) is 81.5 Å². The van der Waals surface area contributed by atoms with Crippen LogP contribution in [0.1, 0.15) is 177 Å². The molecule has 716 valence electrons. The quantitative estimate of drug-likeness (QED) is 0.0306. The average Bonchev–Trinajstić information content (AvgIpc) is 0.855. The van der Waals surface area contributed by atoms with E-state index >= 15 is 4.79 Å². The number of hydrogen-bond donors (Lipinski definition) is 21. The number of primary amides is 1. The molecule has 6 rings (SSSR count). The number of amides is 17. The largest absolute Gasteiger partial charge is 0.394 e. The van der Waals surface area contributed by atoms with E-state index in [1.165, 1.54) is 44.3 Å². The highest BCUT2D eigenvalue weighted by Crippen LogP contribution is 2.25. The van der Waals surface area contributed by atoms with Gasteiger partial charge in [0, 0.05) is 36.4 Å². The van der Waals surface area contributed by atoms with Crippen LogP contribution in [0.25, 0.3) is 11.1 Å². The van der Waals surface area contributed by atoms with Crippen molar-refractivity contribution in [1.82, 2.24) is 85.1 Å². The Morgan fingerprint density at radius 2 is 0.930 bits per heavy atom. The summed E-state index contributed by atoms with van der Waals surface area (Å²) in [6, 6.07) is 4.68. The first-order valence-electron chi connectivity index (χ1n) is 44.2. The summed E-state index contributed by atoms with van der Waals surface area (Å²) in [4.78, 5) is 238. The minimum Gasteiger partial charge on any atom is -0.394 e. The molecule has 129 heavy (non-hydrogen) atoms. The predicted molar refractivity (Wildman–Crippen MR) is 493 cm³/mol. The number of hydrogen-bond acceptors (Lipinski definition) is 23. The first-order chi connectivity index (χ1) is 61.1. The van der Waals surface area contributed by atoms with Gasteiger partial charge in [0.1, 0.15) is 84.6 Å². The molecule has 3 aromatic carbocycles. The van der Waals surface area contributed by atoms with E-state index in [1.807, 2.05) is 76.2 Å². The van der Waals surface area contributed by atoms with Crippen molar-refractivity contribution in [2.45, 2.75) is 263 Å². The first-order valence-corrected chi connectivity index (χ1v) is 46.5. The Morgan fingerprint density at radius 1 is 0.457 bits per heavy atom. The molecule has 0 aromatic heterocycles. The fourth-order valence-electron chi connectivity index (χ4n) is 13.5. The van der Waals surface area contributed by atoms with Gasteiger partial charge in [0.05, 0.1) is 19.7 Å². The standard InChI is InChI=1S/C89H140N20O18S2/c1-49(2)39-65(76(93)114)98-72(113)43-95-79(117)62(25-17-20-36-90)100-85(123)69-47-128-45-58-28-32-60(33-29-58)61-34-30-59(31-35-61)46-129-48-70(105-88(126)74(52(7)8)107-78(116)55(12)96-82(120)67(41-57-23-15-14-16-24-57)103-83(121)66(40-50(3)4)99-71(112)42-94-56(13)111)86(124)102-63(26-18-21-37-91)80(118)101-64(27-19-22-38-92)81(119)108-73(51(5)6)87(125)97-54(11)77(115)104-68(44-110)84(122)109-75(53(9)10)89(127)106-69/h14-16,23-24,28-35,49-55,62-70,73-75,110H,17-22,25-27,36-48,90-92H2,1-13H3,(H2,93,114)(H,94,111)(H,95,117)(H,96,120)(H,97,125)(H,98,113)(H,99,112)(H,100,123)(H,101,118)(H,102,124)(H,103,121)(H,104,115)(H,105,126)(H,106,127)(H,107,116)(H,108,119)(H,109,122)/t54-,55-,62-,63-,64-,65-,66-,67-,68-,69-,70-,73-,74-,75-/m0/s1. The molecule has 3 aromatic rings. The highest BCUT2D eigenvalue weighted by molar-refractivity contribution is 7.98. The maximum atomic E-state index is 15.1. The van der Waals surface area contributed by atoms with Crippen molar-refractivity contribution in [3.8, 4) is 11.1 Å². The van der Waals surface area contributed by atoms with Gasteiger partial charge in [-0.25, -0.2) is 0 Å². The van der Waals surface area contributed by atoms with Crippen LogP contribution in [-0.2, 0) is 99.4 Å². The van der Waals surface area contributed by atoms with Crippen LogP contribution in [-0.4, -0.2) is 241 Å². The molecule has 0 saturated carbocycles. The molecule has 17 amide bonds. The molecule has 38 nitrogen and oxygen atoms in total. The van der Waals surface area contributed by atoms with Gasteiger partial charge in [-0.2, -0.15) is 23.5 Å². The molecule has 0 aliphatic carbocycles. The van der Waals surface area contributed by atoms with Crippen LogP contribution >= 0.6 is 23.5 Å². The highest BCUT2D eigenvalue weighted by Gasteiger charge is 2.39. The molecule has 14 atom stereocenters. The minimum atomic E-state index is -1.74. The summed E-state index contributed by atoms with van der Waals surface area (Å²) < 4.78 is 0. The Labute approximate surface area is 764 Å². The zero-order valence-electron chi connectivity index (χ0n) is 76.5. The summed E-state index contributed by atoms with van der Waals surface area (Å²) in [5.74, 6) is -15.5. The molecular weight excluding hydrogens is 1700 g/mol. The SMILES string of the molecule is CC(=O)NCC(=O)N[C@@H](CC(C)C)C(=O)N[C@@H](Cc1ccccc1)C(=O)N[C@@H](C)C(=O)N[C@H](C(=O)N[C@H]1CSCc2ccc(cc2)-c2ccc(cc2)CSC[C@@H](C(=O)N[C@@H](CCCCN)C(=O)NCC(=O)N[C@@H](CC(C)C)C(N)=O)NC(=O)[C@H](C(C)C)NC(=O)[C@H](CO)NC(=O)[C@H](C)NC(=O)[C@H](C(C)C)NC(=O)[C@H](CCCCN)NC(=O)[C@H](CCCCN)NC1=O)C(C)C. The number of rotatable bonds is 40. The number of carbonyl (C=O) groups is 17. The second-order valence-corrected chi connectivity index (χ2v) is 36.3. The van der Waals surface area contributed by atoms with E-state index in [-0.39, 0.29) is 99.4 Å². The monoisotopic (exact) mass is 1840 g/mol. The fraction of sp³-hybridized carbons (Fsp3) is 0.607. The third-order valence-electron chi connectivity index (χ3n) is 21.0. The van der Waals surface area contributed by atoms with Gasteiger partial charge >= 0.3 is 0 Å². The van der Waals surface area contributed by atoms with E-state index in [9.17, 15) is 81.8 Å². The second-order valence-electron chi connectivity index (χ2n) is 34.3. The third kappa shape index (κ3) is 40.4. The molecule has 3 aliphatic rings. The zero-order valence-corrected chi connectivity index (χ0v) is 78.2. The van der Waals surface area contributed by atoms with Crippen LogP contribution in [0.2, 0.25) is 0 Å². The average molecular weight is 1840 g/mol. The topological polar surface area (TPSA) is 607 Å². The first kappa shape index (κ1) is 111. The number of thioether (sulfide) groups is 2. The summed E-state index contributed by atoms with van der Waals surface area (Å²) in [6.45, 7) is 19.5. The molecule has 0 unspecified atom stereocenters. The predicted octanol–water partition coefficient (Wildman–Crippen LogP) is -0.920. The number of fused-ring (bicyclic) bond motifs is 2. The number of unbranched alkanes of at least 4 members (excludes halogenated alkanes) is 3. The van der Waals surface area contributed by atoms with Gasteiger partial charge in [0.15, 0.2) is 0 Å². The van der Waals surface area contributed by atoms with Crippen LogP contribution in [0.15, 0.2) is 78.9 Å². The van der Waals surface area contributed by atoms with Crippen LogP contribution in [0, 0.1) is 29.6 Å². The maximum Gasteiger partial charge on any atom is 0.245 e. The van der Waals surface area contributed by atoms with Gasteiger partial charge in [-0.1, -0.05) is 148 Å². The van der Waals surface area contributed by atoms with E-state index in [4.69, 9.17) is 22.9 Å². The molecule has 0 radical (unpaired) electrons. The van der Waals surface area contributed by atoms with Gasteiger partial charge in [0.25, 0.3) is 0 Å². The molecule has 40 heteroatoms. The molecule has 0 spiro atoms. The van der Waals surface area contributed by atoms with Crippen molar-refractivity contribution < 1.29 is 86.6 Å². The van der Waals surface area contributed by atoms with Crippen LogP contribution in [0.5, 0.6) is 0 Å². The van der Waals surface area contributed by atoms with E-state index in [0.29, 0.717) is 37.7 Å². The number of aliphatic hydroxyl groups is 1. The Morgan fingerprint density at radius 3 is 1.43 bits per heavy atom. The number of carbonyl (C=O) groups excluding carboxylic acids is 17. The minimum absolute atomic E-state index is 0.0181. The van der Waals surface area contributed by atoms with Crippen LogP contribution in [0.4, 0.5) is 0 Å². The van der Waals surface area contributed by atoms with E-state index in [2.05, 4.69) is 85.1 Å². The van der Waals surface area contributed by atoms with Crippen LogP contribution in [0.3, 0.4) is 0 Å². The smallest absolute Gasteiger partial charge is 0.245 e. The molecule has 0 fully saturated rings. The summed E-state index contributed by atoms with van der Waals surface area (Å²) in [7, 11) is 0. The summed E-state index contributed by atoms with van der Waals surface area (Å²) in [5.41, 5.74) is 27.1. The highest BCUT2D eigenvalue weighted by atomic mass is 32.2. The van der Waals surface area contributed by atoms with Crippen molar-refractivity contribution in [3.63, 3.8) is 0 Å². The second kappa shape index (κ2) is 58.0. The van der Waals surface area contributed by atoms with Crippen molar-refractivity contribution in [2.24, 2.45) is 52.5 Å². The van der Waals surface area contributed by atoms with E-state index in [0.717, 1.165) is 22.3 Å². The lowest BCUT2D eigenvalue weighted by atomic mass is 10.0. The zero-order chi connectivity index (χ0) is 96.1. The van der Waals surface area contributed by atoms with E-state index in [1.54, 1.807) is 71.9 Å². The third-order valence-corrected chi connectivity index (χ3v) is 23.2. The normalized spacial score (nSPS) is 20.0. The van der Waals surface area contributed by atoms with Crippen molar-refractivity contribution in [3.05, 3.63) is 95.6 Å². The van der Waals surface area contributed by atoms with Gasteiger partial charge < -0.3 is 113 Å². The molecule has 3 heterocycles. The maximum absolute atomic E-state index is 15.1. The van der Waals surface area contributed by atoms with Crippen molar-refractivity contribution >= 4 is 124 Å². The lowest BCUT2D eigenvalue weighted by Gasteiger charge is -2.29. The number of aliphatic hydroxyl groups excluding tert-OH is 1. The summed E-state index contributed by atoms with van der Waals surface area (Å²) in [6.07, 6.45) is 2.51. The Hall–Kier alpha value is -10.8. The van der Waals surface area contributed by atoms with Crippen LogP contribution < -0.4 is 108 Å². The van der Waals surface area contributed by atoms with Crippen molar-refractivity contribution in [1.29, 1.82) is 0 Å². The number of nitrogens with two attached hydrogens (primary N) is 4.